The fourth-order valence-corrected chi connectivity index (χ4v) is 7.48. The maximum Gasteiger partial charge on any atom is 0.118 e. The van der Waals surface area contributed by atoms with Crippen LogP contribution in [0.2, 0.25) is 0 Å². The molecule has 0 bridgehead atoms. The number of para-hydroxylation sites is 1. The summed E-state index contributed by atoms with van der Waals surface area (Å²) < 4.78 is 7.80. The van der Waals surface area contributed by atoms with Gasteiger partial charge in [-0.2, -0.15) is 0 Å². The second kappa shape index (κ2) is 7.57. The van der Waals surface area contributed by atoms with E-state index in [1.807, 2.05) is 0 Å². The Hall–Kier alpha value is -1.78. The molecule has 0 spiro atoms. The van der Waals surface area contributed by atoms with Crippen LogP contribution in [0, 0.1) is 0 Å². The minimum absolute atomic E-state index is 0.0171. The lowest BCUT2D eigenvalue weighted by Gasteiger charge is -2.34. The molecule has 0 unspecified atom stereocenters. The number of methoxy groups -OCH3 is 1. The number of aryl methyl sites for hydroxylation is 2. The Balaban J connectivity index is 1.55. The zero-order valence-electron chi connectivity index (χ0n) is 16.2. The fraction of sp³-hybridized carbons (Fsp3) is 0.333. The van der Waals surface area contributed by atoms with Gasteiger partial charge in [-0.05, 0) is 59.6 Å². The Labute approximate surface area is 175 Å². The van der Waals surface area contributed by atoms with E-state index in [0.29, 0.717) is 0 Å². The smallest absolute Gasteiger partial charge is 0.118 e. The molecule has 3 heterocycles. The van der Waals surface area contributed by atoms with Crippen molar-refractivity contribution in [2.75, 3.05) is 18.6 Å². The third kappa shape index (κ3) is 3.17. The highest BCUT2D eigenvalue weighted by atomic mass is 32.2. The maximum absolute atomic E-state index is 5.36. The molecule has 0 N–H and O–H groups in total. The lowest BCUT2D eigenvalue weighted by Crippen LogP contribution is -2.20. The summed E-state index contributed by atoms with van der Waals surface area (Å²) in [5.74, 6) is 3.33. The minimum Gasteiger partial charge on any atom is -0.497 e. The first-order chi connectivity index (χ1) is 13.8. The van der Waals surface area contributed by atoms with Gasteiger partial charge in [-0.3, -0.25) is 0 Å². The highest BCUT2D eigenvalue weighted by molar-refractivity contribution is 8.18. The number of benzene rings is 2. The Morgan fingerprint density at radius 1 is 1.04 bits per heavy atom. The average Bonchev–Trinajstić information content (AvgIpc) is 3.13. The number of thioether (sulfide) groups is 2. The van der Waals surface area contributed by atoms with Crippen LogP contribution in [0.15, 0.2) is 54.7 Å². The monoisotopic (exact) mass is 407 g/mol. The minimum atomic E-state index is -0.0171. The molecule has 0 aliphatic carbocycles. The predicted molar refractivity (Wildman–Crippen MR) is 123 cm³/mol. The molecule has 3 aromatic rings. The first-order valence-corrected chi connectivity index (χ1v) is 12.0. The van der Waals surface area contributed by atoms with Crippen LogP contribution in [0.5, 0.6) is 5.75 Å². The van der Waals surface area contributed by atoms with Crippen LogP contribution in [-0.2, 0) is 17.0 Å². The van der Waals surface area contributed by atoms with Gasteiger partial charge in [0.2, 0.25) is 0 Å². The topological polar surface area (TPSA) is 14.2 Å². The number of hydrogen-bond donors (Lipinski definition) is 0. The summed E-state index contributed by atoms with van der Waals surface area (Å²) in [6, 6.07) is 15.4. The molecule has 0 amide bonds. The van der Waals surface area contributed by atoms with Crippen molar-refractivity contribution < 1.29 is 4.74 Å². The summed E-state index contributed by atoms with van der Waals surface area (Å²) in [5, 5.41) is 1.39. The van der Waals surface area contributed by atoms with Gasteiger partial charge in [-0.15, -0.1) is 23.5 Å². The number of nitrogens with zero attached hydrogens (tertiary/aromatic N) is 1. The largest absolute Gasteiger partial charge is 0.497 e. The summed E-state index contributed by atoms with van der Waals surface area (Å²) in [7, 11) is 1.73. The SMILES string of the molecule is COc1ccc(C2(/C=C/c3cn4c5c(cccc35)CCC4)SCCCS2)cc1. The van der Waals surface area contributed by atoms with Crippen molar-refractivity contribution in [3.63, 3.8) is 0 Å². The van der Waals surface area contributed by atoms with Crippen LogP contribution in [0.1, 0.15) is 29.5 Å². The molecule has 2 nitrogen and oxygen atoms in total. The van der Waals surface area contributed by atoms with Crippen molar-refractivity contribution in [2.24, 2.45) is 0 Å². The fourth-order valence-electron chi connectivity index (χ4n) is 4.35. The first-order valence-electron chi connectivity index (χ1n) is 10.0. The van der Waals surface area contributed by atoms with Gasteiger partial charge in [0.15, 0.2) is 0 Å². The summed E-state index contributed by atoms with van der Waals surface area (Å²) in [4.78, 5) is 0. The summed E-state index contributed by atoms with van der Waals surface area (Å²) in [6.45, 7) is 1.13. The van der Waals surface area contributed by atoms with E-state index in [2.05, 4.69) is 88.9 Å². The van der Waals surface area contributed by atoms with Crippen molar-refractivity contribution >= 4 is 40.5 Å². The van der Waals surface area contributed by atoms with Crippen LogP contribution < -0.4 is 4.74 Å². The average molecular weight is 408 g/mol. The number of ether oxygens (including phenoxy) is 1. The van der Waals surface area contributed by atoms with Gasteiger partial charge in [0.1, 0.15) is 9.83 Å². The molecule has 0 saturated carbocycles. The Kier molecular flexibility index (Phi) is 4.93. The van der Waals surface area contributed by atoms with E-state index in [-0.39, 0.29) is 4.08 Å². The van der Waals surface area contributed by atoms with Gasteiger partial charge in [-0.25, -0.2) is 0 Å². The van der Waals surface area contributed by atoms with Crippen molar-refractivity contribution in [3.8, 4) is 5.75 Å². The van der Waals surface area contributed by atoms with Crippen LogP contribution >= 0.6 is 23.5 Å². The van der Waals surface area contributed by atoms with E-state index in [0.717, 1.165) is 12.3 Å². The highest BCUT2D eigenvalue weighted by Gasteiger charge is 2.33. The molecular formula is C24H25NOS2. The van der Waals surface area contributed by atoms with E-state index in [1.165, 1.54) is 58.4 Å². The molecule has 0 radical (unpaired) electrons. The second-order valence-corrected chi connectivity index (χ2v) is 10.4. The van der Waals surface area contributed by atoms with E-state index >= 15 is 0 Å². The first kappa shape index (κ1) is 18.3. The highest BCUT2D eigenvalue weighted by Crippen LogP contribution is 2.52. The normalized spacial score (nSPS) is 18.6. The van der Waals surface area contributed by atoms with Crippen molar-refractivity contribution in [2.45, 2.75) is 29.9 Å². The van der Waals surface area contributed by atoms with E-state index in [4.69, 9.17) is 4.74 Å². The predicted octanol–water partition coefficient (Wildman–Crippen LogP) is 6.33. The Morgan fingerprint density at radius 3 is 2.64 bits per heavy atom. The van der Waals surface area contributed by atoms with E-state index in [1.54, 1.807) is 7.11 Å². The molecule has 1 saturated heterocycles. The molecule has 5 rings (SSSR count). The molecule has 4 heteroatoms. The summed E-state index contributed by atoms with van der Waals surface area (Å²) >= 11 is 4.12. The van der Waals surface area contributed by atoms with Crippen LogP contribution in [0.25, 0.3) is 17.0 Å². The van der Waals surface area contributed by atoms with Crippen molar-refractivity contribution in [1.29, 1.82) is 0 Å². The maximum atomic E-state index is 5.36. The van der Waals surface area contributed by atoms with Crippen molar-refractivity contribution in [1.82, 2.24) is 4.57 Å². The van der Waals surface area contributed by atoms with Gasteiger partial charge in [0.25, 0.3) is 0 Å². The molecule has 2 aliphatic heterocycles. The molecule has 144 valence electrons. The molecule has 1 fully saturated rings. The number of aromatic nitrogens is 1. The lowest BCUT2D eigenvalue weighted by atomic mass is 10.0. The number of hydrogen-bond acceptors (Lipinski definition) is 3. The summed E-state index contributed by atoms with van der Waals surface area (Å²) in [5.41, 5.74) is 5.64. The zero-order valence-corrected chi connectivity index (χ0v) is 17.8. The van der Waals surface area contributed by atoms with Gasteiger partial charge < -0.3 is 9.30 Å². The molecule has 2 aromatic carbocycles. The third-order valence-corrected chi connectivity index (χ3v) is 9.05. The van der Waals surface area contributed by atoms with Crippen LogP contribution in [0.3, 0.4) is 0 Å². The Bertz CT molecular complexity index is 1010. The molecular weight excluding hydrogens is 382 g/mol. The van der Waals surface area contributed by atoms with Gasteiger partial charge in [-0.1, -0.05) is 42.5 Å². The van der Waals surface area contributed by atoms with Gasteiger partial charge in [0.05, 0.1) is 12.6 Å². The molecule has 28 heavy (non-hydrogen) atoms. The molecule has 2 aliphatic rings. The standard InChI is InChI=1S/C24H25NOS2/c1-26-21-10-8-20(9-11-21)24(27-15-4-16-28-24)13-12-19-17-25-14-3-6-18-5-2-7-22(19)23(18)25/h2,5,7-13,17H,3-4,6,14-16H2,1H3/b13-12+. The van der Waals surface area contributed by atoms with E-state index in [9.17, 15) is 0 Å². The zero-order chi connectivity index (χ0) is 19.0. The Morgan fingerprint density at radius 2 is 1.86 bits per heavy atom. The van der Waals surface area contributed by atoms with E-state index < -0.39 is 0 Å². The van der Waals surface area contributed by atoms with Gasteiger partial charge in [0, 0.05) is 18.1 Å². The van der Waals surface area contributed by atoms with Crippen LogP contribution in [0.4, 0.5) is 0 Å². The number of rotatable bonds is 4. The second-order valence-electron chi connectivity index (χ2n) is 7.47. The van der Waals surface area contributed by atoms with Crippen molar-refractivity contribution in [3.05, 3.63) is 71.4 Å². The molecule has 1 aromatic heterocycles. The molecule has 0 atom stereocenters. The van der Waals surface area contributed by atoms with Gasteiger partial charge >= 0.3 is 0 Å². The van der Waals surface area contributed by atoms with Crippen LogP contribution in [-0.4, -0.2) is 23.2 Å². The summed E-state index contributed by atoms with van der Waals surface area (Å²) in [6.07, 6.45) is 10.9. The third-order valence-electron chi connectivity index (χ3n) is 5.75. The quantitative estimate of drug-likeness (QED) is 0.502. The lowest BCUT2D eigenvalue weighted by molar-refractivity contribution is 0.414.